The topological polar surface area (TPSA) is 181 Å². The first-order valence-electron chi connectivity index (χ1n) is 15.5. The summed E-state index contributed by atoms with van der Waals surface area (Å²) in [5.41, 5.74) is 3.86. The Balaban J connectivity index is -0.0000000409. The van der Waals surface area contributed by atoms with E-state index in [1.807, 2.05) is 144 Å². The fraction of sp³-hybridized carbons (Fsp3) is 0.389. The number of nitrogens with two attached hydrogens (primary N) is 1. The van der Waals surface area contributed by atoms with Crippen molar-refractivity contribution in [2.24, 2.45) is 5.84 Å². The Bertz CT molecular complexity index is 1060. The maximum atomic E-state index is 10.9. The van der Waals surface area contributed by atoms with Gasteiger partial charge in [-0.05, 0) is 38.1 Å². The molecule has 0 aliphatic carbocycles. The standard InChI is InChI=1S/C10H13NO2.C8H11N3O.C6H6.C4H7BrO2.3C2H6.CH2O3.CH4.3K.H2.2H/c1-2-13-10(12)8-11-9-6-4-3-5-7-9;9-11-8(12)6-10-7-4-2-1-3-5-7;1-2-4-6-5-3-1;1-2-7-4(6)3-5;3*1-2;2-1-4-3;;;;;;;/h3-7,11H,2,8H2,1H3;1-5,10H,6,9H2,(H,11,12);1-6H;2-3H2,1H3;3*1-2H3;1,3H;1H4;;;;1H;;/q;;;;;;;;;3*+1;;2*-1/p-1. The number of anilines is 2. The largest absolute Gasteiger partial charge is 1.00 e. The molecule has 12 nitrogen and oxygen atoms in total. The van der Waals surface area contributed by atoms with Crippen molar-refractivity contribution in [1.29, 1.82) is 0 Å². The van der Waals surface area contributed by atoms with E-state index in [9.17, 15) is 14.4 Å². The van der Waals surface area contributed by atoms with E-state index in [0.29, 0.717) is 18.5 Å². The molecule has 0 unspecified atom stereocenters. The minimum Gasteiger partial charge on any atom is -1.00 e. The van der Waals surface area contributed by atoms with Gasteiger partial charge in [-0.3, -0.25) is 24.6 Å². The molecule has 3 rings (SSSR count). The van der Waals surface area contributed by atoms with E-state index in [0.717, 1.165) is 11.4 Å². The zero-order chi connectivity index (χ0) is 37.7. The summed E-state index contributed by atoms with van der Waals surface area (Å²) in [5.74, 6) is 4.22. The molecule has 3 aromatic rings. The van der Waals surface area contributed by atoms with Crippen molar-refractivity contribution in [1.82, 2.24) is 5.43 Å². The van der Waals surface area contributed by atoms with Gasteiger partial charge in [-0.15, -0.1) is 0 Å². The Morgan fingerprint density at radius 3 is 1.23 bits per heavy atom. The van der Waals surface area contributed by atoms with Crippen molar-refractivity contribution in [3.05, 3.63) is 97.1 Å². The van der Waals surface area contributed by atoms with Crippen LogP contribution in [0, 0.1) is 0 Å². The van der Waals surface area contributed by atoms with Crippen LogP contribution in [-0.2, 0) is 33.5 Å². The summed E-state index contributed by atoms with van der Waals surface area (Å²) < 4.78 is 9.27. The molecule has 52 heavy (non-hydrogen) atoms. The summed E-state index contributed by atoms with van der Waals surface area (Å²) in [6.07, 6.45) is 0. The van der Waals surface area contributed by atoms with E-state index in [-0.39, 0.29) is 203 Å². The predicted octanol–water partition coefficient (Wildman–Crippen LogP) is -1.99. The number of benzene rings is 3. The zero-order valence-corrected chi connectivity index (χ0v) is 43.5. The van der Waals surface area contributed by atoms with Crippen molar-refractivity contribution in [3.63, 3.8) is 0 Å². The molecule has 0 saturated heterocycles. The Kier molecular flexibility index (Phi) is 98.1. The van der Waals surface area contributed by atoms with Crippen molar-refractivity contribution in [2.75, 3.05) is 42.3 Å². The molecule has 5 N–H and O–H groups in total. The number of para-hydroxylation sites is 2. The van der Waals surface area contributed by atoms with E-state index < -0.39 is 0 Å². The van der Waals surface area contributed by atoms with Gasteiger partial charge in [0.2, 0.25) is 0 Å². The zero-order valence-electron chi connectivity index (χ0n) is 34.6. The number of esters is 2. The number of rotatable bonds is 10. The van der Waals surface area contributed by atoms with Gasteiger partial charge >= 0.3 is 166 Å². The van der Waals surface area contributed by atoms with Crippen LogP contribution in [0.4, 0.5) is 11.4 Å². The second-order valence-corrected chi connectivity index (χ2v) is 7.66. The van der Waals surface area contributed by atoms with Gasteiger partial charge < -0.3 is 33.1 Å². The third kappa shape index (κ3) is 65.3. The first-order valence-corrected chi connectivity index (χ1v) is 16.7. The van der Waals surface area contributed by atoms with Gasteiger partial charge in [-0.25, -0.2) is 5.84 Å². The van der Waals surface area contributed by atoms with Gasteiger partial charge in [0.25, 0.3) is 12.4 Å². The second kappa shape index (κ2) is 69.4. The normalized spacial score (nSPS) is 7.21. The molecule has 0 fully saturated rings. The van der Waals surface area contributed by atoms with Gasteiger partial charge in [0, 0.05) is 12.8 Å². The number of carbonyl (C=O) groups is 4. The maximum Gasteiger partial charge on any atom is 1.00 e. The minimum absolute atomic E-state index is 0. The minimum atomic E-state index is -0.237. The third-order valence-corrected chi connectivity index (χ3v) is 4.48. The summed E-state index contributed by atoms with van der Waals surface area (Å²) in [7, 11) is 0. The first kappa shape index (κ1) is 73.5. The number of nitrogens with one attached hydrogen (secondary N) is 3. The van der Waals surface area contributed by atoms with Crippen LogP contribution in [0.2, 0.25) is 0 Å². The molecule has 0 saturated carbocycles. The first-order chi connectivity index (χ1) is 23.4. The number of hydrazine groups is 1. The van der Waals surface area contributed by atoms with Crippen LogP contribution >= 0.6 is 15.9 Å². The van der Waals surface area contributed by atoms with Crippen molar-refractivity contribution < 1.29 is 197 Å². The van der Waals surface area contributed by atoms with E-state index in [4.69, 9.17) is 20.6 Å². The Hall–Kier alpha value is 0.449. The molecule has 0 aromatic heterocycles. The SMILES string of the molecule is C.CC.CC.CC.CCOC(=O)CBr.CCOC(=O)CNc1ccccc1.NNC(=O)CNc1ccccc1.O=CO[O-].[H-].[H-].[HH].[K+].[K+].[K+].c1ccccc1. The van der Waals surface area contributed by atoms with Gasteiger partial charge in [0.15, 0.2) is 0 Å². The number of hydrogen-bond acceptors (Lipinski definition) is 11. The maximum absolute atomic E-state index is 10.9. The van der Waals surface area contributed by atoms with Gasteiger partial charge in [-0.2, -0.15) is 0 Å². The smallest absolute Gasteiger partial charge is 1.00 e. The van der Waals surface area contributed by atoms with Gasteiger partial charge in [0.1, 0.15) is 11.9 Å². The average Bonchev–Trinajstić information content (AvgIpc) is 3.18. The quantitative estimate of drug-likeness (QED) is 0.0259. The molecule has 0 aliphatic heterocycles. The average molecular weight is 878 g/mol. The van der Waals surface area contributed by atoms with Crippen LogP contribution in [-0.4, -0.2) is 56.0 Å². The molecule has 0 spiro atoms. The van der Waals surface area contributed by atoms with Gasteiger partial charge in [0.05, 0.1) is 19.8 Å². The van der Waals surface area contributed by atoms with Crippen molar-refractivity contribution in [2.45, 2.75) is 62.8 Å². The summed E-state index contributed by atoms with van der Waals surface area (Å²) >= 11 is 2.94. The van der Waals surface area contributed by atoms with E-state index in [1.165, 1.54) is 0 Å². The Morgan fingerprint density at radius 1 is 0.692 bits per heavy atom. The number of halogens is 1. The number of alkyl halides is 1. The fourth-order valence-corrected chi connectivity index (χ4v) is 2.48. The molecule has 1 amide bonds. The fourth-order valence-electron chi connectivity index (χ4n) is 2.32. The summed E-state index contributed by atoms with van der Waals surface area (Å²) in [6.45, 7) is 16.7. The van der Waals surface area contributed by atoms with Crippen LogP contribution in [0.1, 0.15) is 67.1 Å². The number of ether oxygens (including phenoxy) is 2. The Labute approximate surface area is 454 Å². The Morgan fingerprint density at radius 2 is 0.981 bits per heavy atom. The summed E-state index contributed by atoms with van der Waals surface area (Å²) in [5, 5.41) is 14.6. The predicted molar refractivity (Wildman–Crippen MR) is 208 cm³/mol. The molecule has 286 valence electrons. The summed E-state index contributed by atoms with van der Waals surface area (Å²) in [6, 6.07) is 31.0. The van der Waals surface area contributed by atoms with Crippen molar-refractivity contribution in [3.8, 4) is 0 Å². The third-order valence-electron chi connectivity index (χ3n) is 4.02. The van der Waals surface area contributed by atoms with Crippen molar-refractivity contribution >= 4 is 51.6 Å². The van der Waals surface area contributed by atoms with E-state index >= 15 is 0 Å². The van der Waals surface area contributed by atoms with E-state index in [2.05, 4.69) is 36.2 Å². The molecule has 0 aliphatic rings. The van der Waals surface area contributed by atoms with Crippen LogP contribution < -0.4 is 181 Å². The van der Waals surface area contributed by atoms with Crippen LogP contribution in [0.15, 0.2) is 97.1 Å². The molecule has 0 bridgehead atoms. The monoisotopic (exact) mass is 876 g/mol. The molecule has 0 radical (unpaired) electrons. The molecule has 16 heteroatoms. The number of carbonyl (C=O) groups excluding carboxylic acids is 4. The van der Waals surface area contributed by atoms with Crippen LogP contribution in [0.25, 0.3) is 0 Å². The molecule has 0 heterocycles. The molecular weight excluding hydrogens is 814 g/mol. The van der Waals surface area contributed by atoms with Gasteiger partial charge in [-0.1, -0.05) is 138 Å². The molecule has 0 atom stereocenters. The molecule has 3 aromatic carbocycles. The van der Waals surface area contributed by atoms with Crippen LogP contribution in [0.5, 0.6) is 0 Å². The molecular formula is C36H64BrK3N4O8. The number of hydrogen-bond donors (Lipinski definition) is 4. The van der Waals surface area contributed by atoms with Crippen LogP contribution in [0.3, 0.4) is 0 Å². The number of amides is 1. The van der Waals surface area contributed by atoms with E-state index in [1.54, 1.807) is 13.8 Å². The summed E-state index contributed by atoms with van der Waals surface area (Å²) in [4.78, 5) is 43.0. The second-order valence-electron chi connectivity index (χ2n) is 7.10.